The minimum absolute atomic E-state index is 0.718. The molecule has 0 amide bonds. The van der Waals surface area contributed by atoms with Crippen LogP contribution in [0.15, 0.2) is 64.8 Å². The summed E-state index contributed by atoms with van der Waals surface area (Å²) in [6.07, 6.45) is 0. The van der Waals surface area contributed by atoms with E-state index in [2.05, 4.69) is 10.2 Å². The molecule has 5 heteroatoms. The number of halogens is 1. The summed E-state index contributed by atoms with van der Waals surface area (Å²) in [5, 5.41) is 8.29. The van der Waals surface area contributed by atoms with Gasteiger partial charge in [0, 0.05) is 11.6 Å². The van der Waals surface area contributed by atoms with Gasteiger partial charge in [0.2, 0.25) is 0 Å². The highest BCUT2D eigenvalue weighted by Crippen LogP contribution is 2.28. The van der Waals surface area contributed by atoms with E-state index >= 15 is 0 Å². The van der Waals surface area contributed by atoms with Crippen molar-refractivity contribution >= 4 is 28.4 Å². The number of azo groups is 1. The van der Waals surface area contributed by atoms with Crippen molar-refractivity contribution in [3.63, 3.8) is 0 Å². The molecule has 0 unspecified atom stereocenters. The summed E-state index contributed by atoms with van der Waals surface area (Å²) in [5.74, 6) is 0. The second kappa shape index (κ2) is 6.50. The summed E-state index contributed by atoms with van der Waals surface area (Å²) < 4.78 is 5.07. The molecule has 0 saturated heterocycles. The summed E-state index contributed by atoms with van der Waals surface area (Å²) in [6, 6.07) is 16.8. The number of carbonyl (C=O) groups excluding carboxylic acids is 1. The van der Waals surface area contributed by atoms with E-state index in [-0.39, 0.29) is 0 Å². The van der Waals surface area contributed by atoms with Gasteiger partial charge < -0.3 is 4.74 Å². The van der Waals surface area contributed by atoms with Gasteiger partial charge in [0.15, 0.2) is 0 Å². The first-order chi connectivity index (χ1) is 9.97. The molecule has 0 aliphatic heterocycles. The highest BCUT2D eigenvalue weighted by molar-refractivity contribution is 6.61. The zero-order chi connectivity index (χ0) is 15.3. The second-order valence-corrected chi connectivity index (χ2v) is 5.24. The maximum atomic E-state index is 10.9. The van der Waals surface area contributed by atoms with E-state index in [0.29, 0.717) is 0 Å². The topological polar surface area (TPSA) is 51.0 Å². The molecule has 0 atom stereocenters. The molecule has 4 nitrogen and oxygen atoms in total. The molecule has 108 valence electrons. The molecule has 0 spiro atoms. The van der Waals surface area contributed by atoms with E-state index in [0.717, 1.165) is 16.9 Å². The molecule has 2 rings (SSSR count). The van der Waals surface area contributed by atoms with Crippen molar-refractivity contribution < 1.29 is 9.53 Å². The third kappa shape index (κ3) is 4.39. The first kappa shape index (κ1) is 15.2. The lowest BCUT2D eigenvalue weighted by molar-refractivity contribution is 0.0552. The SMILES string of the molecule is CC(C)(OC(=O)Cl)c1ccc(/N=N/c2ccccc2)cc1. The average molecular weight is 303 g/mol. The highest BCUT2D eigenvalue weighted by Gasteiger charge is 2.24. The predicted octanol–water partition coefficient (Wildman–Crippen LogP) is 5.71. The molecule has 0 aliphatic rings. The van der Waals surface area contributed by atoms with Gasteiger partial charge in [-0.25, -0.2) is 4.79 Å². The number of benzene rings is 2. The maximum absolute atomic E-state index is 10.9. The third-order valence-corrected chi connectivity index (χ3v) is 3.01. The van der Waals surface area contributed by atoms with Gasteiger partial charge >= 0.3 is 5.43 Å². The lowest BCUT2D eigenvalue weighted by Gasteiger charge is -2.24. The summed E-state index contributed by atoms with van der Waals surface area (Å²) in [6.45, 7) is 3.54. The Hall–Kier alpha value is -2.20. The molecule has 0 bridgehead atoms. The Morgan fingerprint density at radius 1 is 0.952 bits per heavy atom. The fraction of sp³-hybridized carbons (Fsp3) is 0.188. The smallest absolute Gasteiger partial charge is 0.404 e. The van der Waals surface area contributed by atoms with Gasteiger partial charge in [-0.2, -0.15) is 10.2 Å². The van der Waals surface area contributed by atoms with Gasteiger partial charge in [-0.3, -0.25) is 0 Å². The van der Waals surface area contributed by atoms with Crippen molar-refractivity contribution in [3.8, 4) is 0 Å². The van der Waals surface area contributed by atoms with Gasteiger partial charge in [0.1, 0.15) is 5.60 Å². The number of nitrogens with zero attached hydrogens (tertiary/aromatic N) is 2. The van der Waals surface area contributed by atoms with Gasteiger partial charge in [-0.15, -0.1) is 0 Å². The van der Waals surface area contributed by atoms with Crippen LogP contribution in [0, 0.1) is 0 Å². The van der Waals surface area contributed by atoms with Crippen LogP contribution in [-0.2, 0) is 10.3 Å². The molecule has 2 aromatic rings. The summed E-state index contributed by atoms with van der Waals surface area (Å²) >= 11 is 5.27. The molecule has 0 aliphatic carbocycles. The normalized spacial score (nSPS) is 11.6. The number of rotatable bonds is 4. The lowest BCUT2D eigenvalue weighted by Crippen LogP contribution is -2.22. The maximum Gasteiger partial charge on any atom is 0.404 e. The van der Waals surface area contributed by atoms with Crippen LogP contribution in [0.3, 0.4) is 0 Å². The van der Waals surface area contributed by atoms with E-state index in [4.69, 9.17) is 16.3 Å². The van der Waals surface area contributed by atoms with Gasteiger partial charge in [-0.1, -0.05) is 30.3 Å². The van der Waals surface area contributed by atoms with Crippen molar-refractivity contribution in [3.05, 3.63) is 60.2 Å². The van der Waals surface area contributed by atoms with E-state index < -0.39 is 11.0 Å². The molecule has 0 aromatic heterocycles. The molecular weight excluding hydrogens is 288 g/mol. The molecule has 0 heterocycles. The number of ether oxygens (including phenoxy) is 1. The standard InChI is InChI=1S/C16H15ClN2O2/c1-16(2,21-15(17)20)12-8-10-14(11-9-12)19-18-13-6-4-3-5-7-13/h3-11H,1-2H3/b19-18+. The molecule has 0 fully saturated rings. The predicted molar refractivity (Wildman–Crippen MR) is 82.4 cm³/mol. The quantitative estimate of drug-likeness (QED) is 0.536. The van der Waals surface area contributed by atoms with Crippen molar-refractivity contribution in [2.45, 2.75) is 19.4 Å². The molecule has 2 aromatic carbocycles. The Bertz CT molecular complexity index is 637. The van der Waals surface area contributed by atoms with E-state index in [9.17, 15) is 4.79 Å². The van der Waals surface area contributed by atoms with Crippen molar-refractivity contribution in [1.29, 1.82) is 0 Å². The van der Waals surface area contributed by atoms with Crippen LogP contribution in [0.4, 0.5) is 16.2 Å². The second-order valence-electron chi connectivity index (χ2n) is 4.93. The Labute approximate surface area is 128 Å². The van der Waals surface area contributed by atoms with E-state index in [1.165, 1.54) is 0 Å². The molecule has 0 N–H and O–H groups in total. The molecular formula is C16H15ClN2O2. The fourth-order valence-electron chi connectivity index (χ4n) is 1.80. The van der Waals surface area contributed by atoms with Crippen LogP contribution in [0.1, 0.15) is 19.4 Å². The summed E-state index contributed by atoms with van der Waals surface area (Å²) in [4.78, 5) is 10.9. The van der Waals surface area contributed by atoms with E-state index in [1.807, 2.05) is 54.6 Å². The minimum Gasteiger partial charge on any atom is -0.443 e. The third-order valence-electron chi connectivity index (χ3n) is 2.94. The van der Waals surface area contributed by atoms with Crippen LogP contribution < -0.4 is 0 Å². The van der Waals surface area contributed by atoms with Crippen molar-refractivity contribution in [2.75, 3.05) is 0 Å². The first-order valence-corrected chi connectivity index (χ1v) is 6.81. The fourth-order valence-corrected chi connectivity index (χ4v) is 1.99. The van der Waals surface area contributed by atoms with Gasteiger partial charge in [-0.05, 0) is 43.7 Å². The Kier molecular flexibility index (Phi) is 4.70. The summed E-state index contributed by atoms with van der Waals surface area (Å²) in [7, 11) is 0. The average Bonchev–Trinajstić information content (AvgIpc) is 2.45. The number of hydrogen-bond donors (Lipinski definition) is 0. The van der Waals surface area contributed by atoms with Gasteiger partial charge in [0.05, 0.1) is 11.4 Å². The van der Waals surface area contributed by atoms with Crippen LogP contribution in [0.5, 0.6) is 0 Å². The van der Waals surface area contributed by atoms with Crippen LogP contribution >= 0.6 is 11.6 Å². The highest BCUT2D eigenvalue weighted by atomic mass is 35.5. The monoisotopic (exact) mass is 302 g/mol. The van der Waals surface area contributed by atoms with Crippen molar-refractivity contribution in [1.82, 2.24) is 0 Å². The minimum atomic E-state index is -0.826. The summed E-state index contributed by atoms with van der Waals surface area (Å²) in [5.41, 5.74) is 0.727. The molecule has 0 radical (unpaired) electrons. The molecule has 21 heavy (non-hydrogen) atoms. The Balaban J connectivity index is 2.12. The zero-order valence-electron chi connectivity index (χ0n) is 11.8. The number of hydrogen-bond acceptors (Lipinski definition) is 4. The van der Waals surface area contributed by atoms with Crippen LogP contribution in [-0.4, -0.2) is 5.43 Å². The Morgan fingerprint density at radius 3 is 2.00 bits per heavy atom. The first-order valence-electron chi connectivity index (χ1n) is 6.43. The molecule has 0 saturated carbocycles. The van der Waals surface area contributed by atoms with E-state index in [1.54, 1.807) is 13.8 Å². The van der Waals surface area contributed by atoms with Crippen LogP contribution in [0.2, 0.25) is 0 Å². The van der Waals surface area contributed by atoms with Gasteiger partial charge in [0.25, 0.3) is 0 Å². The number of carbonyl (C=O) groups is 1. The van der Waals surface area contributed by atoms with Crippen LogP contribution in [0.25, 0.3) is 0 Å². The zero-order valence-corrected chi connectivity index (χ0v) is 12.5. The lowest BCUT2D eigenvalue weighted by atomic mass is 9.98. The Morgan fingerprint density at radius 2 is 1.48 bits per heavy atom. The largest absolute Gasteiger partial charge is 0.443 e. The van der Waals surface area contributed by atoms with Crippen molar-refractivity contribution in [2.24, 2.45) is 10.2 Å².